The van der Waals surface area contributed by atoms with Crippen LogP contribution in [0.5, 0.6) is 0 Å². The number of hydrogen-bond donors (Lipinski definition) is 0. The van der Waals surface area contributed by atoms with Crippen molar-refractivity contribution in [3.05, 3.63) is 69.7 Å². The second-order valence-electron chi connectivity index (χ2n) is 7.32. The van der Waals surface area contributed by atoms with Crippen LogP contribution in [0.1, 0.15) is 42.9 Å². The molecular formula is C22H27Cl2NO. The van der Waals surface area contributed by atoms with Gasteiger partial charge in [0, 0.05) is 22.0 Å². The van der Waals surface area contributed by atoms with E-state index >= 15 is 0 Å². The molecule has 1 fully saturated rings. The standard InChI is InChI=1S/C22H27Cl2NO/c1-25(2)22(17-10-4-7-13-20(17)24)18-11-5-8-14-21(18)26-15-16-9-3-6-12-19(16)23/h3-4,6-7,9-10,12-13,18,21-22H,5,8,11,14-15H2,1-2H3. The van der Waals surface area contributed by atoms with Crippen LogP contribution in [0.15, 0.2) is 48.5 Å². The molecule has 2 aromatic carbocycles. The lowest BCUT2D eigenvalue weighted by Crippen LogP contribution is -2.38. The van der Waals surface area contributed by atoms with E-state index in [0.717, 1.165) is 28.5 Å². The van der Waals surface area contributed by atoms with E-state index in [1.54, 1.807) is 0 Å². The molecule has 0 bridgehead atoms. The summed E-state index contributed by atoms with van der Waals surface area (Å²) in [5.41, 5.74) is 2.25. The highest BCUT2D eigenvalue weighted by atomic mass is 35.5. The van der Waals surface area contributed by atoms with E-state index in [4.69, 9.17) is 27.9 Å². The highest BCUT2D eigenvalue weighted by Crippen LogP contribution is 2.41. The maximum Gasteiger partial charge on any atom is 0.0735 e. The molecule has 0 amide bonds. The first-order chi connectivity index (χ1) is 12.6. The molecule has 1 saturated carbocycles. The normalized spacial score (nSPS) is 21.7. The van der Waals surface area contributed by atoms with Crippen molar-refractivity contribution in [3.8, 4) is 0 Å². The third-order valence-corrected chi connectivity index (χ3v) is 6.06. The minimum Gasteiger partial charge on any atom is -0.373 e. The molecule has 1 aliphatic rings. The van der Waals surface area contributed by atoms with Gasteiger partial charge in [0.25, 0.3) is 0 Å². The van der Waals surface area contributed by atoms with Crippen LogP contribution in [-0.4, -0.2) is 25.1 Å². The second-order valence-corrected chi connectivity index (χ2v) is 8.13. The van der Waals surface area contributed by atoms with Crippen molar-refractivity contribution in [1.29, 1.82) is 0 Å². The Balaban J connectivity index is 1.80. The van der Waals surface area contributed by atoms with Crippen LogP contribution in [0.25, 0.3) is 0 Å². The third-order valence-electron chi connectivity index (χ3n) is 5.35. The zero-order valence-electron chi connectivity index (χ0n) is 15.5. The van der Waals surface area contributed by atoms with Gasteiger partial charge in [0.2, 0.25) is 0 Å². The lowest BCUT2D eigenvalue weighted by Gasteiger charge is -2.40. The topological polar surface area (TPSA) is 12.5 Å². The Hall–Kier alpha value is -1.06. The molecule has 26 heavy (non-hydrogen) atoms. The average Bonchev–Trinajstić information content (AvgIpc) is 2.63. The van der Waals surface area contributed by atoms with Gasteiger partial charge in [-0.15, -0.1) is 0 Å². The van der Waals surface area contributed by atoms with Gasteiger partial charge in [-0.1, -0.05) is 72.4 Å². The Morgan fingerprint density at radius 1 is 0.962 bits per heavy atom. The minimum absolute atomic E-state index is 0.212. The summed E-state index contributed by atoms with van der Waals surface area (Å²) in [6, 6.07) is 16.4. The van der Waals surface area contributed by atoms with Gasteiger partial charge in [0.05, 0.1) is 12.7 Å². The van der Waals surface area contributed by atoms with Crippen molar-refractivity contribution in [2.24, 2.45) is 5.92 Å². The van der Waals surface area contributed by atoms with Gasteiger partial charge in [-0.2, -0.15) is 0 Å². The fourth-order valence-corrected chi connectivity index (χ4v) is 4.55. The summed E-state index contributed by atoms with van der Waals surface area (Å²) in [6.07, 6.45) is 4.91. The minimum atomic E-state index is 0.212. The lowest BCUT2D eigenvalue weighted by molar-refractivity contribution is -0.0463. The number of halogens is 2. The van der Waals surface area contributed by atoms with Crippen LogP contribution in [0.3, 0.4) is 0 Å². The fraction of sp³-hybridized carbons (Fsp3) is 0.455. The number of nitrogens with zero attached hydrogens (tertiary/aromatic N) is 1. The molecular weight excluding hydrogens is 365 g/mol. The van der Waals surface area contributed by atoms with Gasteiger partial charge in [-0.25, -0.2) is 0 Å². The predicted octanol–water partition coefficient (Wildman–Crippen LogP) is 6.37. The molecule has 2 aromatic rings. The van der Waals surface area contributed by atoms with Gasteiger partial charge < -0.3 is 9.64 Å². The Morgan fingerprint density at radius 3 is 2.31 bits per heavy atom. The molecule has 2 nitrogen and oxygen atoms in total. The van der Waals surface area contributed by atoms with Gasteiger partial charge >= 0.3 is 0 Å². The van der Waals surface area contributed by atoms with E-state index in [2.05, 4.69) is 31.1 Å². The fourth-order valence-electron chi connectivity index (χ4n) is 4.11. The Morgan fingerprint density at radius 2 is 1.62 bits per heavy atom. The average molecular weight is 392 g/mol. The van der Waals surface area contributed by atoms with Crippen LogP contribution in [0.2, 0.25) is 10.0 Å². The molecule has 3 rings (SSSR count). The van der Waals surface area contributed by atoms with Gasteiger partial charge in [0.15, 0.2) is 0 Å². The van der Waals surface area contributed by atoms with Gasteiger partial charge in [-0.3, -0.25) is 0 Å². The summed E-state index contributed by atoms with van der Waals surface area (Å²) in [6.45, 7) is 0.559. The van der Waals surface area contributed by atoms with E-state index in [1.165, 1.54) is 18.4 Å². The van der Waals surface area contributed by atoms with E-state index in [1.807, 2.05) is 36.4 Å². The lowest BCUT2D eigenvalue weighted by atomic mass is 9.78. The highest BCUT2D eigenvalue weighted by Gasteiger charge is 2.35. The maximum atomic E-state index is 6.54. The summed E-state index contributed by atoms with van der Waals surface area (Å²) < 4.78 is 6.40. The summed E-state index contributed by atoms with van der Waals surface area (Å²) in [7, 11) is 4.27. The van der Waals surface area contributed by atoms with Gasteiger partial charge in [-0.05, 0) is 50.2 Å². The van der Waals surface area contributed by atoms with E-state index in [9.17, 15) is 0 Å². The van der Waals surface area contributed by atoms with Crippen molar-refractivity contribution in [2.45, 2.75) is 44.4 Å². The quantitative estimate of drug-likeness (QED) is 0.566. The third kappa shape index (κ3) is 4.61. The van der Waals surface area contributed by atoms with Crippen molar-refractivity contribution in [2.75, 3.05) is 14.1 Å². The summed E-state index contributed by atoms with van der Waals surface area (Å²) in [4.78, 5) is 2.28. The maximum absolute atomic E-state index is 6.54. The van der Waals surface area contributed by atoms with E-state index < -0.39 is 0 Å². The molecule has 0 aliphatic heterocycles. The van der Waals surface area contributed by atoms with Crippen molar-refractivity contribution in [1.82, 2.24) is 4.90 Å². The van der Waals surface area contributed by atoms with Gasteiger partial charge in [0.1, 0.15) is 0 Å². The number of rotatable bonds is 6. The van der Waals surface area contributed by atoms with Crippen LogP contribution in [0.4, 0.5) is 0 Å². The molecule has 0 radical (unpaired) electrons. The summed E-state index contributed by atoms with van der Waals surface area (Å²) in [5, 5.41) is 1.61. The van der Waals surface area contributed by atoms with Crippen molar-refractivity contribution < 1.29 is 4.74 Å². The van der Waals surface area contributed by atoms with Crippen LogP contribution >= 0.6 is 23.2 Å². The molecule has 0 spiro atoms. The zero-order chi connectivity index (χ0) is 18.5. The van der Waals surface area contributed by atoms with Crippen LogP contribution in [0, 0.1) is 5.92 Å². The Kier molecular flexibility index (Phi) is 6.99. The van der Waals surface area contributed by atoms with Crippen molar-refractivity contribution in [3.63, 3.8) is 0 Å². The molecule has 140 valence electrons. The number of benzene rings is 2. The molecule has 1 aliphatic carbocycles. The Bertz CT molecular complexity index is 719. The van der Waals surface area contributed by atoms with Crippen LogP contribution in [-0.2, 0) is 11.3 Å². The smallest absolute Gasteiger partial charge is 0.0735 e. The molecule has 0 heterocycles. The Labute approximate surface area is 167 Å². The van der Waals surface area contributed by atoms with Crippen molar-refractivity contribution >= 4 is 23.2 Å². The van der Waals surface area contributed by atoms with E-state index in [-0.39, 0.29) is 12.1 Å². The molecule has 4 heteroatoms. The largest absolute Gasteiger partial charge is 0.373 e. The molecule has 0 N–H and O–H groups in total. The SMILES string of the molecule is CN(C)C(c1ccccc1Cl)C1CCCCC1OCc1ccccc1Cl. The zero-order valence-corrected chi connectivity index (χ0v) is 17.0. The van der Waals surface area contributed by atoms with E-state index in [0.29, 0.717) is 12.5 Å². The predicted molar refractivity (Wildman–Crippen MR) is 110 cm³/mol. The summed E-state index contributed by atoms with van der Waals surface area (Å²) >= 11 is 12.8. The first-order valence-electron chi connectivity index (χ1n) is 9.34. The monoisotopic (exact) mass is 391 g/mol. The summed E-state index contributed by atoms with van der Waals surface area (Å²) in [5.74, 6) is 0.418. The molecule has 0 saturated heterocycles. The first-order valence-corrected chi connectivity index (χ1v) is 10.1. The second kappa shape index (κ2) is 9.23. The number of ether oxygens (including phenoxy) is 1. The molecule has 0 aromatic heterocycles. The molecule has 3 atom stereocenters. The molecule has 3 unspecified atom stereocenters. The first kappa shape index (κ1) is 19.7. The highest BCUT2D eigenvalue weighted by molar-refractivity contribution is 6.31. The van der Waals surface area contributed by atoms with Crippen LogP contribution < -0.4 is 0 Å². The number of hydrogen-bond acceptors (Lipinski definition) is 2.